The van der Waals surface area contributed by atoms with Crippen LogP contribution >= 0.6 is 0 Å². The van der Waals surface area contributed by atoms with Crippen LogP contribution in [0.1, 0.15) is 14.4 Å². The molecule has 0 radical (unpaired) electrons. The molecule has 0 aliphatic rings. The van der Waals surface area contributed by atoms with Gasteiger partial charge in [0.15, 0.2) is 11.5 Å². The van der Waals surface area contributed by atoms with E-state index in [0.717, 1.165) is 25.3 Å². The van der Waals surface area contributed by atoms with Gasteiger partial charge in [-0.05, 0) is 17.7 Å². The third kappa shape index (κ3) is 2.41. The van der Waals surface area contributed by atoms with Gasteiger partial charge >= 0.3 is 5.97 Å². The van der Waals surface area contributed by atoms with E-state index in [1.807, 2.05) is 0 Å². The average molecular weight is 230 g/mol. The summed E-state index contributed by atoms with van der Waals surface area (Å²) >= 11 is 0. The van der Waals surface area contributed by atoms with E-state index in [9.17, 15) is 15.0 Å². The molecule has 0 fully saturated rings. The molecule has 0 saturated heterocycles. The summed E-state index contributed by atoms with van der Waals surface area (Å²) in [5, 5.41) is 22.6. The van der Waals surface area contributed by atoms with Crippen molar-refractivity contribution < 1.29 is 27.6 Å². The highest BCUT2D eigenvalue weighted by atomic mass is 16.5. The van der Waals surface area contributed by atoms with Crippen molar-refractivity contribution in [2.75, 3.05) is 7.11 Å². The smallest absolute Gasteiger partial charge is 0.325 e. The standard InChI is InChI=1S/C10H13NO5/c1-16-10(15)8(11)9(14)5-2-3-6(12)7(13)4-5/h2-4,8-9,12-14H,11H2,1H3/t8-,9-/m0/s1/i8D,9D,14D. The van der Waals surface area contributed by atoms with Gasteiger partial charge < -0.3 is 25.8 Å². The zero-order valence-electron chi connectivity index (χ0n) is 11.4. The second-order valence-electron chi connectivity index (χ2n) is 2.94. The van der Waals surface area contributed by atoms with Crippen LogP contribution < -0.4 is 5.73 Å². The Kier molecular flexibility index (Phi) is 2.52. The average Bonchev–Trinajstić information content (AvgIpc) is 2.39. The minimum absolute atomic E-state index is 0.263. The molecule has 1 rings (SSSR count). The van der Waals surface area contributed by atoms with Gasteiger partial charge in [0, 0.05) is 0 Å². The van der Waals surface area contributed by atoms with Crippen LogP contribution in [-0.2, 0) is 9.53 Å². The number of carbonyl (C=O) groups is 1. The number of carbonyl (C=O) groups excluding carboxylic acids is 1. The third-order valence-electron chi connectivity index (χ3n) is 1.89. The van der Waals surface area contributed by atoms with Crippen molar-refractivity contribution in [2.45, 2.75) is 12.1 Å². The van der Waals surface area contributed by atoms with Crippen LogP contribution in [0.15, 0.2) is 18.2 Å². The van der Waals surface area contributed by atoms with Crippen LogP contribution in [0.3, 0.4) is 0 Å². The highest BCUT2D eigenvalue weighted by Crippen LogP contribution is 2.28. The maximum atomic E-state index is 11.4. The monoisotopic (exact) mass is 230 g/mol. The lowest BCUT2D eigenvalue weighted by molar-refractivity contribution is -0.145. The molecule has 0 amide bonds. The summed E-state index contributed by atoms with van der Waals surface area (Å²) in [5.74, 6) is -2.36. The van der Waals surface area contributed by atoms with E-state index in [1.165, 1.54) is 0 Å². The lowest BCUT2D eigenvalue weighted by Gasteiger charge is -2.17. The quantitative estimate of drug-likeness (QED) is 0.414. The highest BCUT2D eigenvalue weighted by Gasteiger charge is 2.25. The Labute approximate surface area is 96.2 Å². The molecule has 1 aromatic carbocycles. The number of hydrogen-bond donors (Lipinski definition) is 4. The molecule has 1 aromatic rings. The Morgan fingerprint density at radius 2 is 2.25 bits per heavy atom. The molecule has 5 N–H and O–H groups in total. The highest BCUT2D eigenvalue weighted by molar-refractivity contribution is 5.76. The van der Waals surface area contributed by atoms with Crippen molar-refractivity contribution in [3.05, 3.63) is 23.8 Å². The Bertz CT molecular complexity index is 496. The summed E-state index contributed by atoms with van der Waals surface area (Å²) in [7, 11) is 0.969. The van der Waals surface area contributed by atoms with Gasteiger partial charge in [0.2, 0.25) is 1.43 Å². The fourth-order valence-electron chi connectivity index (χ4n) is 1.02. The zero-order valence-corrected chi connectivity index (χ0v) is 8.43. The largest absolute Gasteiger partial charge is 0.504 e. The van der Waals surface area contributed by atoms with Crippen molar-refractivity contribution in [1.82, 2.24) is 0 Å². The lowest BCUT2D eigenvalue weighted by atomic mass is 10.0. The Hall–Kier alpha value is -1.79. The molecule has 0 bridgehead atoms. The topological polar surface area (TPSA) is 113 Å². The van der Waals surface area contributed by atoms with E-state index in [4.69, 9.17) is 9.91 Å². The number of benzene rings is 1. The van der Waals surface area contributed by atoms with E-state index >= 15 is 0 Å². The number of aromatic hydroxyl groups is 2. The summed E-state index contributed by atoms with van der Waals surface area (Å²) in [6, 6.07) is 0.235. The van der Waals surface area contributed by atoms with Crippen LogP contribution in [0.5, 0.6) is 11.5 Å². The number of esters is 1. The van der Waals surface area contributed by atoms with E-state index in [-0.39, 0.29) is 5.56 Å². The first kappa shape index (κ1) is 8.37. The van der Waals surface area contributed by atoms with Crippen LogP contribution in [0.25, 0.3) is 0 Å². The van der Waals surface area contributed by atoms with Gasteiger partial charge in [-0.1, -0.05) is 6.07 Å². The van der Waals surface area contributed by atoms with E-state index < -0.39 is 29.6 Å². The molecule has 0 aromatic heterocycles. The Morgan fingerprint density at radius 1 is 1.56 bits per heavy atom. The maximum absolute atomic E-state index is 11.4. The molecule has 0 spiro atoms. The minimum Gasteiger partial charge on any atom is -0.504 e. The number of phenols is 2. The molecule has 0 aliphatic carbocycles. The predicted octanol–water partition coefficient (Wildman–Crippen LogP) is -0.369. The predicted molar refractivity (Wildman–Crippen MR) is 54.7 cm³/mol. The van der Waals surface area contributed by atoms with E-state index in [1.54, 1.807) is 0 Å². The number of methoxy groups -OCH3 is 1. The summed E-state index contributed by atoms with van der Waals surface area (Å²) in [6.07, 6.45) is -2.65. The third-order valence-corrected chi connectivity index (χ3v) is 1.89. The van der Waals surface area contributed by atoms with Crippen molar-refractivity contribution in [2.24, 2.45) is 5.73 Å². The van der Waals surface area contributed by atoms with E-state index in [2.05, 4.69) is 9.85 Å². The molecular formula is C10H13NO5. The van der Waals surface area contributed by atoms with Crippen LogP contribution in [0.4, 0.5) is 0 Å². The molecule has 0 unspecified atom stereocenters. The number of ether oxygens (including phenoxy) is 1. The summed E-state index contributed by atoms with van der Waals surface area (Å²) in [4.78, 5) is 11.4. The van der Waals surface area contributed by atoms with Crippen LogP contribution in [0, 0.1) is 0 Å². The number of nitrogens with two attached hydrogens (primary N) is 1. The van der Waals surface area contributed by atoms with Gasteiger partial charge in [-0.25, -0.2) is 0 Å². The van der Waals surface area contributed by atoms with Gasteiger partial charge in [0.05, 0.1) is 9.85 Å². The Balaban J connectivity index is 3.38. The normalized spacial score (nSPS) is 20.8. The fourth-order valence-corrected chi connectivity index (χ4v) is 1.02. The van der Waals surface area contributed by atoms with Crippen molar-refractivity contribution in [3.8, 4) is 11.5 Å². The second-order valence-corrected chi connectivity index (χ2v) is 2.94. The molecule has 6 heteroatoms. The maximum Gasteiger partial charge on any atom is 0.325 e. The van der Waals surface area contributed by atoms with Crippen molar-refractivity contribution in [1.29, 1.82) is 1.43 Å². The molecule has 16 heavy (non-hydrogen) atoms. The van der Waals surface area contributed by atoms with Gasteiger partial charge in [-0.2, -0.15) is 0 Å². The van der Waals surface area contributed by atoms with Gasteiger partial charge in [-0.3, -0.25) is 4.79 Å². The first-order valence-corrected chi connectivity index (χ1v) is 4.24. The zero-order chi connectivity index (χ0) is 14.8. The van der Waals surface area contributed by atoms with Crippen LogP contribution in [0.2, 0.25) is 0 Å². The summed E-state index contributed by atoms with van der Waals surface area (Å²) < 4.78 is 26.8. The molecule has 2 atom stereocenters. The lowest BCUT2D eigenvalue weighted by Crippen LogP contribution is -2.37. The molecule has 0 heterocycles. The first-order valence-electron chi connectivity index (χ1n) is 5.65. The van der Waals surface area contributed by atoms with Crippen molar-refractivity contribution in [3.63, 3.8) is 0 Å². The fraction of sp³-hybridized carbons (Fsp3) is 0.300. The number of aliphatic hydroxyl groups is 1. The molecular weight excluding hydrogens is 214 g/mol. The molecule has 0 saturated carbocycles. The van der Waals surface area contributed by atoms with E-state index in [0.29, 0.717) is 0 Å². The molecule has 6 nitrogen and oxygen atoms in total. The molecule has 0 aliphatic heterocycles. The number of phenolic OH excluding ortho intramolecular Hbond substituents is 2. The first-order chi connectivity index (χ1) is 8.70. The van der Waals surface area contributed by atoms with Gasteiger partial charge in [-0.15, -0.1) is 0 Å². The van der Waals surface area contributed by atoms with Crippen molar-refractivity contribution >= 4 is 5.97 Å². The molecule has 88 valence electrons. The van der Waals surface area contributed by atoms with Gasteiger partial charge in [0.25, 0.3) is 0 Å². The second kappa shape index (κ2) is 4.82. The number of hydrogen-bond acceptors (Lipinski definition) is 6. The minimum atomic E-state index is -2.74. The number of rotatable bonds is 4. The Morgan fingerprint density at radius 3 is 2.75 bits per heavy atom. The SMILES string of the molecule is [2H]O[C@@]([2H])(c1ccc(O)c(O)c1)[C@]([2H])(N)C(=O)OC. The van der Waals surface area contributed by atoms with Gasteiger partial charge in [0.1, 0.15) is 12.1 Å². The van der Waals surface area contributed by atoms with Crippen LogP contribution in [-0.4, -0.2) is 35.9 Å². The summed E-state index contributed by atoms with van der Waals surface area (Å²) in [6.45, 7) is 0. The summed E-state index contributed by atoms with van der Waals surface area (Å²) in [5.41, 5.74) is 5.13.